The van der Waals surface area contributed by atoms with Crippen LogP contribution in [0.5, 0.6) is 0 Å². The molecule has 4 rings (SSSR count). The smallest absolute Gasteiger partial charge is 0.287 e. The lowest BCUT2D eigenvalue weighted by Gasteiger charge is -2.37. The van der Waals surface area contributed by atoms with Crippen molar-refractivity contribution in [3.63, 3.8) is 0 Å². The van der Waals surface area contributed by atoms with Gasteiger partial charge in [0.15, 0.2) is 5.76 Å². The highest BCUT2D eigenvalue weighted by atomic mass is 35.5. The Morgan fingerprint density at radius 3 is 2.45 bits per heavy atom. The first-order valence-corrected chi connectivity index (χ1v) is 10.5. The third kappa shape index (κ3) is 5.24. The number of benzene rings is 1. The van der Waals surface area contributed by atoms with Crippen LogP contribution in [0, 0.1) is 0 Å². The van der Waals surface area contributed by atoms with Gasteiger partial charge in [-0.1, -0.05) is 41.9 Å². The van der Waals surface area contributed by atoms with E-state index in [1.54, 1.807) is 23.2 Å². The Morgan fingerprint density at radius 1 is 1.03 bits per heavy atom. The highest BCUT2D eigenvalue weighted by Crippen LogP contribution is 2.17. The van der Waals surface area contributed by atoms with E-state index >= 15 is 0 Å². The van der Waals surface area contributed by atoms with Crippen molar-refractivity contribution in [3.8, 4) is 0 Å². The Labute approximate surface area is 185 Å². The van der Waals surface area contributed by atoms with E-state index in [1.807, 2.05) is 42.5 Å². The number of aromatic nitrogens is 1. The lowest BCUT2D eigenvalue weighted by molar-refractivity contribution is -0.133. The van der Waals surface area contributed by atoms with E-state index in [9.17, 15) is 9.59 Å². The van der Waals surface area contributed by atoms with Crippen molar-refractivity contribution in [1.82, 2.24) is 15.2 Å². The topological polar surface area (TPSA) is 78.7 Å². The third-order valence-corrected chi connectivity index (χ3v) is 5.48. The maximum Gasteiger partial charge on any atom is 0.287 e. The van der Waals surface area contributed by atoms with Crippen LogP contribution in [0.1, 0.15) is 16.1 Å². The Morgan fingerprint density at radius 2 is 1.81 bits per heavy atom. The number of halogens is 1. The van der Waals surface area contributed by atoms with Crippen molar-refractivity contribution in [1.29, 1.82) is 0 Å². The standard InChI is InChI=1S/C23H23ClN4O3/c24-18-8-9-21(25-16-18)27-10-12-28(13-11-27)23(30)19(15-17-5-2-1-3-6-17)26-22(29)20-7-4-14-31-20/h1-9,14,16,19H,10-13,15H2,(H,26,29). The minimum atomic E-state index is -0.680. The van der Waals surface area contributed by atoms with Gasteiger partial charge in [0.1, 0.15) is 11.9 Å². The Bertz CT molecular complexity index is 1000. The molecule has 2 aromatic heterocycles. The van der Waals surface area contributed by atoms with E-state index in [4.69, 9.17) is 16.0 Å². The van der Waals surface area contributed by atoms with E-state index < -0.39 is 11.9 Å². The highest BCUT2D eigenvalue weighted by Gasteiger charge is 2.30. The molecule has 0 aliphatic carbocycles. The largest absolute Gasteiger partial charge is 0.459 e. The minimum Gasteiger partial charge on any atom is -0.459 e. The number of anilines is 1. The second kappa shape index (κ2) is 9.66. The lowest BCUT2D eigenvalue weighted by Crippen LogP contribution is -2.55. The molecule has 160 valence electrons. The molecule has 1 aliphatic rings. The van der Waals surface area contributed by atoms with Gasteiger partial charge in [0.2, 0.25) is 5.91 Å². The predicted octanol–water partition coefficient (Wildman–Crippen LogP) is 3.02. The molecule has 1 unspecified atom stereocenters. The van der Waals surface area contributed by atoms with E-state index in [0.29, 0.717) is 37.6 Å². The quantitative estimate of drug-likeness (QED) is 0.640. The van der Waals surface area contributed by atoms with Crippen molar-refractivity contribution in [2.45, 2.75) is 12.5 Å². The summed E-state index contributed by atoms with van der Waals surface area (Å²) < 4.78 is 5.18. The molecule has 31 heavy (non-hydrogen) atoms. The predicted molar refractivity (Wildman–Crippen MR) is 118 cm³/mol. The number of nitrogens with zero attached hydrogens (tertiary/aromatic N) is 3. The van der Waals surface area contributed by atoms with Gasteiger partial charge in [0.05, 0.1) is 11.3 Å². The summed E-state index contributed by atoms with van der Waals surface area (Å²) in [6, 6.07) is 15.9. The van der Waals surface area contributed by atoms with Gasteiger partial charge in [-0.2, -0.15) is 0 Å². The molecule has 1 fully saturated rings. The van der Waals surface area contributed by atoms with Crippen LogP contribution in [0.4, 0.5) is 5.82 Å². The van der Waals surface area contributed by atoms with Crippen LogP contribution in [0.2, 0.25) is 5.02 Å². The molecular weight excluding hydrogens is 416 g/mol. The van der Waals surface area contributed by atoms with Crippen LogP contribution in [0.3, 0.4) is 0 Å². The van der Waals surface area contributed by atoms with Gasteiger partial charge in [-0.3, -0.25) is 9.59 Å². The zero-order chi connectivity index (χ0) is 21.6. The van der Waals surface area contributed by atoms with Crippen LogP contribution in [-0.2, 0) is 11.2 Å². The van der Waals surface area contributed by atoms with Crippen LogP contribution in [-0.4, -0.2) is 53.9 Å². The Kier molecular flexibility index (Phi) is 6.52. The van der Waals surface area contributed by atoms with Crippen molar-refractivity contribution < 1.29 is 14.0 Å². The van der Waals surface area contributed by atoms with E-state index in [2.05, 4.69) is 15.2 Å². The molecule has 1 N–H and O–H groups in total. The minimum absolute atomic E-state index is 0.104. The van der Waals surface area contributed by atoms with Gasteiger partial charge in [0, 0.05) is 38.8 Å². The van der Waals surface area contributed by atoms with Gasteiger partial charge >= 0.3 is 0 Å². The number of furan rings is 1. The van der Waals surface area contributed by atoms with Crippen LogP contribution in [0.25, 0.3) is 0 Å². The molecule has 3 heterocycles. The van der Waals surface area contributed by atoms with Gasteiger partial charge in [0.25, 0.3) is 5.91 Å². The average molecular weight is 439 g/mol. The summed E-state index contributed by atoms with van der Waals surface area (Å²) >= 11 is 5.92. The first-order chi connectivity index (χ1) is 15.1. The maximum absolute atomic E-state index is 13.3. The molecule has 0 bridgehead atoms. The van der Waals surface area contributed by atoms with Crippen molar-refractivity contribution in [2.75, 3.05) is 31.1 Å². The Hall–Kier alpha value is -3.32. The number of piperazine rings is 1. The molecule has 1 aliphatic heterocycles. The molecular formula is C23H23ClN4O3. The number of pyridine rings is 1. The van der Waals surface area contributed by atoms with Gasteiger partial charge < -0.3 is 19.5 Å². The number of carbonyl (C=O) groups is 2. The van der Waals surface area contributed by atoms with Gasteiger partial charge in [-0.15, -0.1) is 0 Å². The molecule has 1 atom stereocenters. The maximum atomic E-state index is 13.3. The summed E-state index contributed by atoms with van der Waals surface area (Å²) in [6.45, 7) is 2.41. The number of carbonyl (C=O) groups excluding carboxylic acids is 2. The molecule has 2 amide bonds. The van der Waals surface area contributed by atoms with Crippen LogP contribution < -0.4 is 10.2 Å². The van der Waals surface area contributed by atoms with Crippen LogP contribution >= 0.6 is 11.6 Å². The fourth-order valence-electron chi connectivity index (χ4n) is 3.62. The number of hydrogen-bond donors (Lipinski definition) is 1. The van der Waals surface area contributed by atoms with E-state index in [-0.39, 0.29) is 11.7 Å². The molecule has 3 aromatic rings. The van der Waals surface area contributed by atoms with Crippen molar-refractivity contribution >= 4 is 29.2 Å². The number of nitrogens with one attached hydrogen (secondary N) is 1. The summed E-state index contributed by atoms with van der Waals surface area (Å²) in [5.41, 5.74) is 0.976. The van der Waals surface area contributed by atoms with E-state index in [0.717, 1.165) is 11.4 Å². The molecule has 7 nitrogen and oxygen atoms in total. The molecule has 0 radical (unpaired) electrons. The molecule has 0 spiro atoms. The highest BCUT2D eigenvalue weighted by molar-refractivity contribution is 6.30. The second-order valence-electron chi connectivity index (χ2n) is 7.34. The number of rotatable bonds is 6. The average Bonchev–Trinajstić information content (AvgIpc) is 3.35. The molecule has 1 saturated heterocycles. The third-order valence-electron chi connectivity index (χ3n) is 5.26. The SMILES string of the molecule is O=C(NC(Cc1ccccc1)C(=O)N1CCN(c2ccc(Cl)cn2)CC1)c1ccco1. The summed E-state index contributed by atoms with van der Waals surface area (Å²) in [7, 11) is 0. The second-order valence-corrected chi connectivity index (χ2v) is 7.78. The first kappa shape index (κ1) is 20.9. The summed E-state index contributed by atoms with van der Waals surface area (Å²) in [5.74, 6) is 0.517. The summed E-state index contributed by atoms with van der Waals surface area (Å²) in [5, 5.41) is 3.44. The fourth-order valence-corrected chi connectivity index (χ4v) is 3.73. The van der Waals surface area contributed by atoms with Gasteiger partial charge in [-0.25, -0.2) is 4.98 Å². The lowest BCUT2D eigenvalue weighted by atomic mass is 10.0. The Balaban J connectivity index is 1.43. The molecule has 0 saturated carbocycles. The summed E-state index contributed by atoms with van der Waals surface area (Å²) in [6.07, 6.45) is 3.46. The number of amides is 2. The molecule has 1 aromatic carbocycles. The number of hydrogen-bond acceptors (Lipinski definition) is 5. The molecule has 8 heteroatoms. The van der Waals surface area contributed by atoms with E-state index in [1.165, 1.54) is 6.26 Å². The monoisotopic (exact) mass is 438 g/mol. The normalized spacial score (nSPS) is 14.9. The summed E-state index contributed by atoms with van der Waals surface area (Å²) in [4.78, 5) is 34.1. The fraction of sp³-hybridized carbons (Fsp3) is 0.261. The van der Waals surface area contributed by atoms with Crippen LogP contribution in [0.15, 0.2) is 71.5 Å². The zero-order valence-electron chi connectivity index (χ0n) is 16.9. The van der Waals surface area contributed by atoms with Gasteiger partial charge in [-0.05, 0) is 29.8 Å². The van der Waals surface area contributed by atoms with Crippen molar-refractivity contribution in [3.05, 3.63) is 83.4 Å². The van der Waals surface area contributed by atoms with Crippen molar-refractivity contribution in [2.24, 2.45) is 0 Å². The first-order valence-electron chi connectivity index (χ1n) is 10.1. The zero-order valence-corrected chi connectivity index (χ0v) is 17.7.